The average molecular weight is 220 g/mol. The summed E-state index contributed by atoms with van der Waals surface area (Å²) in [4.78, 5) is 11.8. The minimum absolute atomic E-state index is 0.110. The predicted octanol–water partition coefficient (Wildman–Crippen LogP) is 1.52. The first-order valence-corrected chi connectivity index (χ1v) is 5.42. The van der Waals surface area contributed by atoms with Crippen LogP contribution in [0.3, 0.4) is 0 Å². The molecule has 0 atom stereocenters. The van der Waals surface area contributed by atoms with Gasteiger partial charge in [-0.25, -0.2) is 0 Å². The van der Waals surface area contributed by atoms with Gasteiger partial charge in [0.1, 0.15) is 5.75 Å². The molecule has 0 bridgehead atoms. The summed E-state index contributed by atoms with van der Waals surface area (Å²) in [6, 6.07) is 5.24. The Kier molecular flexibility index (Phi) is 2.59. The SMILES string of the molecule is Cc1cccc(NC(=O)C2(N)CCC2)c1O. The Morgan fingerprint density at radius 1 is 1.50 bits per heavy atom. The number of hydrogen-bond donors (Lipinski definition) is 3. The van der Waals surface area contributed by atoms with Crippen LogP contribution in [0.15, 0.2) is 18.2 Å². The maximum absolute atomic E-state index is 11.8. The van der Waals surface area contributed by atoms with Crippen molar-refractivity contribution in [2.45, 2.75) is 31.7 Å². The van der Waals surface area contributed by atoms with E-state index in [9.17, 15) is 9.90 Å². The van der Waals surface area contributed by atoms with E-state index in [0.29, 0.717) is 18.5 Å². The number of phenols is 1. The second-order valence-electron chi connectivity index (χ2n) is 4.43. The third-order valence-corrected chi connectivity index (χ3v) is 3.18. The number of aryl methyl sites for hydroxylation is 1. The Bertz CT molecular complexity index is 425. The van der Waals surface area contributed by atoms with Crippen molar-refractivity contribution in [3.05, 3.63) is 23.8 Å². The average Bonchev–Trinajstić information content (AvgIpc) is 2.21. The monoisotopic (exact) mass is 220 g/mol. The minimum atomic E-state index is -0.740. The van der Waals surface area contributed by atoms with E-state index in [0.717, 1.165) is 12.0 Å². The molecule has 1 aromatic carbocycles. The van der Waals surface area contributed by atoms with Crippen molar-refractivity contribution in [2.75, 3.05) is 5.32 Å². The maximum atomic E-state index is 11.8. The molecular formula is C12H16N2O2. The molecular weight excluding hydrogens is 204 g/mol. The second kappa shape index (κ2) is 3.79. The third-order valence-electron chi connectivity index (χ3n) is 3.18. The molecule has 0 saturated heterocycles. The quantitative estimate of drug-likeness (QED) is 0.661. The molecule has 86 valence electrons. The zero-order chi connectivity index (χ0) is 11.8. The van der Waals surface area contributed by atoms with E-state index in [1.165, 1.54) is 0 Å². The molecule has 0 radical (unpaired) electrons. The number of hydrogen-bond acceptors (Lipinski definition) is 3. The molecule has 0 unspecified atom stereocenters. The van der Waals surface area contributed by atoms with Crippen molar-refractivity contribution in [1.82, 2.24) is 0 Å². The van der Waals surface area contributed by atoms with E-state index in [4.69, 9.17) is 5.73 Å². The predicted molar refractivity (Wildman–Crippen MR) is 62.2 cm³/mol. The maximum Gasteiger partial charge on any atom is 0.244 e. The van der Waals surface area contributed by atoms with Gasteiger partial charge >= 0.3 is 0 Å². The highest BCUT2D eigenvalue weighted by Gasteiger charge is 2.40. The highest BCUT2D eigenvalue weighted by atomic mass is 16.3. The van der Waals surface area contributed by atoms with Crippen LogP contribution in [0.2, 0.25) is 0 Å². The summed E-state index contributed by atoms with van der Waals surface area (Å²) in [6.07, 6.45) is 2.42. The zero-order valence-electron chi connectivity index (χ0n) is 9.29. The Balaban J connectivity index is 2.15. The molecule has 1 aliphatic carbocycles. The first-order valence-electron chi connectivity index (χ1n) is 5.42. The van der Waals surface area contributed by atoms with E-state index >= 15 is 0 Å². The van der Waals surface area contributed by atoms with Crippen LogP contribution < -0.4 is 11.1 Å². The van der Waals surface area contributed by atoms with Crippen molar-refractivity contribution in [3.8, 4) is 5.75 Å². The van der Waals surface area contributed by atoms with Gasteiger partial charge in [-0.1, -0.05) is 12.1 Å². The van der Waals surface area contributed by atoms with Crippen LogP contribution in [0, 0.1) is 6.92 Å². The lowest BCUT2D eigenvalue weighted by Gasteiger charge is -2.36. The van der Waals surface area contributed by atoms with Crippen LogP contribution in [-0.2, 0) is 4.79 Å². The van der Waals surface area contributed by atoms with Gasteiger partial charge in [0, 0.05) is 0 Å². The van der Waals surface area contributed by atoms with Gasteiger partial charge in [0.2, 0.25) is 5.91 Å². The number of phenolic OH excluding ortho intramolecular Hbond substituents is 1. The lowest BCUT2D eigenvalue weighted by atomic mass is 9.77. The molecule has 4 N–H and O–H groups in total. The fourth-order valence-electron chi connectivity index (χ4n) is 1.79. The number of anilines is 1. The summed E-state index contributed by atoms with van der Waals surface area (Å²) < 4.78 is 0. The summed E-state index contributed by atoms with van der Waals surface area (Å²) in [5.74, 6) is -0.0987. The van der Waals surface area contributed by atoms with Crippen molar-refractivity contribution >= 4 is 11.6 Å². The van der Waals surface area contributed by atoms with E-state index < -0.39 is 5.54 Å². The molecule has 1 fully saturated rings. The van der Waals surface area contributed by atoms with Gasteiger partial charge in [-0.3, -0.25) is 4.79 Å². The number of rotatable bonds is 2. The molecule has 16 heavy (non-hydrogen) atoms. The largest absolute Gasteiger partial charge is 0.505 e. The van der Waals surface area contributed by atoms with Gasteiger partial charge in [-0.2, -0.15) is 0 Å². The Hall–Kier alpha value is -1.55. The van der Waals surface area contributed by atoms with Crippen LogP contribution in [-0.4, -0.2) is 16.6 Å². The summed E-state index contributed by atoms with van der Waals surface area (Å²) in [7, 11) is 0. The molecule has 0 aliphatic heterocycles. The molecule has 0 aromatic heterocycles. The van der Waals surface area contributed by atoms with Crippen molar-refractivity contribution in [2.24, 2.45) is 5.73 Å². The van der Waals surface area contributed by atoms with E-state index in [-0.39, 0.29) is 11.7 Å². The fraction of sp³-hybridized carbons (Fsp3) is 0.417. The van der Waals surface area contributed by atoms with Gasteiger partial charge in [0.25, 0.3) is 0 Å². The fourth-order valence-corrected chi connectivity index (χ4v) is 1.79. The lowest BCUT2D eigenvalue weighted by Crippen LogP contribution is -2.56. The molecule has 1 aromatic rings. The van der Waals surface area contributed by atoms with Crippen molar-refractivity contribution in [1.29, 1.82) is 0 Å². The number of carbonyl (C=O) groups excluding carboxylic acids is 1. The first-order chi connectivity index (χ1) is 7.53. The molecule has 4 nitrogen and oxygen atoms in total. The van der Waals surface area contributed by atoms with E-state index in [2.05, 4.69) is 5.32 Å². The molecule has 4 heteroatoms. The number of amides is 1. The lowest BCUT2D eigenvalue weighted by molar-refractivity contribution is -0.123. The van der Waals surface area contributed by atoms with Gasteiger partial charge in [0.15, 0.2) is 0 Å². The number of aromatic hydroxyl groups is 1. The minimum Gasteiger partial charge on any atom is -0.505 e. The van der Waals surface area contributed by atoms with Crippen LogP contribution in [0.5, 0.6) is 5.75 Å². The highest BCUT2D eigenvalue weighted by Crippen LogP contribution is 2.32. The Labute approximate surface area is 94.5 Å². The normalized spacial score (nSPS) is 17.6. The summed E-state index contributed by atoms with van der Waals surface area (Å²) >= 11 is 0. The van der Waals surface area contributed by atoms with E-state index in [1.807, 2.05) is 0 Å². The Morgan fingerprint density at radius 2 is 2.19 bits per heavy atom. The van der Waals surface area contributed by atoms with Gasteiger partial charge in [0.05, 0.1) is 11.2 Å². The zero-order valence-corrected chi connectivity index (χ0v) is 9.29. The van der Waals surface area contributed by atoms with Gasteiger partial charge in [-0.15, -0.1) is 0 Å². The smallest absolute Gasteiger partial charge is 0.244 e. The van der Waals surface area contributed by atoms with Crippen molar-refractivity contribution in [3.63, 3.8) is 0 Å². The molecule has 1 amide bonds. The number of para-hydroxylation sites is 1. The number of benzene rings is 1. The van der Waals surface area contributed by atoms with Crippen molar-refractivity contribution < 1.29 is 9.90 Å². The number of carbonyl (C=O) groups is 1. The molecule has 1 saturated carbocycles. The highest BCUT2D eigenvalue weighted by molar-refractivity contribution is 5.99. The molecule has 1 aliphatic rings. The van der Waals surface area contributed by atoms with Crippen LogP contribution in [0.4, 0.5) is 5.69 Å². The first kappa shape index (κ1) is 11.0. The van der Waals surface area contributed by atoms with Crippen LogP contribution >= 0.6 is 0 Å². The second-order valence-corrected chi connectivity index (χ2v) is 4.43. The third kappa shape index (κ3) is 1.76. The van der Waals surface area contributed by atoms with Crippen LogP contribution in [0.1, 0.15) is 24.8 Å². The topological polar surface area (TPSA) is 75.4 Å². The number of nitrogens with two attached hydrogens (primary N) is 1. The number of nitrogens with one attached hydrogen (secondary N) is 1. The van der Waals surface area contributed by atoms with Gasteiger partial charge in [-0.05, 0) is 37.8 Å². The molecule has 0 spiro atoms. The summed E-state index contributed by atoms with van der Waals surface area (Å²) in [5, 5.41) is 12.4. The summed E-state index contributed by atoms with van der Waals surface area (Å²) in [6.45, 7) is 1.78. The Morgan fingerprint density at radius 3 is 2.75 bits per heavy atom. The van der Waals surface area contributed by atoms with Crippen LogP contribution in [0.25, 0.3) is 0 Å². The summed E-state index contributed by atoms with van der Waals surface area (Å²) in [5.41, 5.74) is 6.31. The standard InChI is InChI=1S/C12H16N2O2/c1-8-4-2-5-9(10(8)15)14-11(16)12(13)6-3-7-12/h2,4-5,15H,3,6-7,13H2,1H3,(H,14,16). The van der Waals surface area contributed by atoms with Gasteiger partial charge < -0.3 is 16.2 Å². The molecule has 0 heterocycles. The van der Waals surface area contributed by atoms with E-state index in [1.54, 1.807) is 25.1 Å². The molecule has 2 rings (SSSR count).